The second kappa shape index (κ2) is 65.9. The van der Waals surface area contributed by atoms with Crippen molar-refractivity contribution in [3.05, 3.63) is 109 Å². The van der Waals surface area contributed by atoms with Crippen molar-refractivity contribution in [1.82, 2.24) is 5.32 Å². The molecule has 1 amide bonds. The van der Waals surface area contributed by atoms with Crippen molar-refractivity contribution in [3.8, 4) is 0 Å². The van der Waals surface area contributed by atoms with Crippen LogP contribution in [0.5, 0.6) is 0 Å². The summed E-state index contributed by atoms with van der Waals surface area (Å²) in [5.74, 6) is -0.249. The maximum atomic E-state index is 13.4. The van der Waals surface area contributed by atoms with Gasteiger partial charge in [0, 0.05) is 6.42 Å². The van der Waals surface area contributed by atoms with Gasteiger partial charge in [-0.2, -0.15) is 0 Å². The Morgan fingerprint density at radius 1 is 0.381 bits per heavy atom. The number of allylic oxidation sites excluding steroid dienone is 17. The molecule has 97 heavy (non-hydrogen) atoms. The second-order valence-corrected chi connectivity index (χ2v) is 27.5. The Balaban J connectivity index is 1.65. The number of aliphatic hydroxyl groups excluding tert-OH is 8. The van der Waals surface area contributed by atoms with Crippen molar-refractivity contribution in [2.75, 3.05) is 19.8 Å². The van der Waals surface area contributed by atoms with Gasteiger partial charge in [0.15, 0.2) is 12.6 Å². The lowest BCUT2D eigenvalue weighted by atomic mass is 9.97. The summed E-state index contributed by atoms with van der Waals surface area (Å²) >= 11 is 0. The number of carbonyl (C=O) groups excluding carboxylic acids is 1. The quantitative estimate of drug-likeness (QED) is 0.0204. The van der Waals surface area contributed by atoms with Gasteiger partial charge in [-0.05, 0) is 83.5 Å². The number of hydrogen-bond donors (Lipinski definition) is 9. The van der Waals surface area contributed by atoms with E-state index in [4.69, 9.17) is 18.9 Å². The van der Waals surface area contributed by atoms with Crippen molar-refractivity contribution in [2.24, 2.45) is 0 Å². The summed E-state index contributed by atoms with van der Waals surface area (Å²) in [5.41, 5.74) is 0. The SMILES string of the molecule is CC/C=C\C/C=C\C/C=C\C/C=C\C/C=C\C/C=C\C/C=C\C/C=C\CCCCCCCCCCC(=O)NC(COC1OC(CO)C(OC2OC(CO)C(O)C(O)C2O)C(O)C1O)C(O)/C=C/CCCCCCCCCCCCCCCCCCCCCCCCCCCCCC. The van der Waals surface area contributed by atoms with Crippen LogP contribution in [0.3, 0.4) is 0 Å². The summed E-state index contributed by atoms with van der Waals surface area (Å²) in [4.78, 5) is 13.4. The van der Waals surface area contributed by atoms with Crippen LogP contribution in [0.4, 0.5) is 0 Å². The highest BCUT2D eigenvalue weighted by molar-refractivity contribution is 5.76. The first kappa shape index (κ1) is 89.7. The van der Waals surface area contributed by atoms with E-state index < -0.39 is 86.8 Å². The minimum absolute atomic E-state index is 0.249. The molecule has 0 aromatic carbocycles. The smallest absolute Gasteiger partial charge is 0.220 e. The number of carbonyl (C=O) groups is 1. The molecule has 0 aromatic heterocycles. The standard InChI is InChI=1S/C83H145NO13/c1-3-5-7-9-11-13-15-17-19-21-23-25-27-29-31-33-35-36-37-39-41-43-45-47-49-51-53-55-57-59-61-63-65-67-75(88)84-71(70-94-82-80(93)78(91)81(74(69-86)96-82)97-83-79(92)77(90)76(89)73(68-85)95-83)72(87)66-64-62-60-58-56-54-52-50-48-46-44-42-40-38-34-32-30-28-26-24-22-20-18-16-14-12-10-8-6-4-2/h5,7,11,13,17,19,23,25,29,31,35-36,39,41,45,47,64,66,71-74,76-83,85-87,89-93H,3-4,6,8-10,12,14-16,18,20-22,24,26-28,30,32-34,37-38,40,42-44,46,48-63,65,67-70H2,1-2H3,(H,84,88)/b7-5-,13-11-,19-17-,25-23-,31-29-,36-35-,41-39-,47-45-,66-64+. The molecule has 14 nitrogen and oxygen atoms in total. The Hall–Kier alpha value is -3.35. The van der Waals surface area contributed by atoms with E-state index in [1.54, 1.807) is 6.08 Å². The van der Waals surface area contributed by atoms with E-state index in [-0.39, 0.29) is 18.9 Å². The first-order valence-corrected chi connectivity index (χ1v) is 39.6. The van der Waals surface area contributed by atoms with Crippen molar-refractivity contribution >= 4 is 5.91 Å². The molecule has 0 radical (unpaired) electrons. The summed E-state index contributed by atoms with van der Waals surface area (Å²) in [6, 6.07) is -0.929. The van der Waals surface area contributed by atoms with Crippen LogP contribution in [0.2, 0.25) is 0 Å². The second-order valence-electron chi connectivity index (χ2n) is 27.5. The fourth-order valence-electron chi connectivity index (χ4n) is 12.5. The van der Waals surface area contributed by atoms with Crippen LogP contribution in [0.1, 0.15) is 316 Å². The topological polar surface area (TPSA) is 228 Å². The van der Waals surface area contributed by atoms with E-state index in [2.05, 4.69) is 116 Å². The monoisotopic (exact) mass is 1360 g/mol. The molecule has 14 heteroatoms. The summed E-state index contributed by atoms with van der Waals surface area (Å²) in [5, 5.41) is 87.7. The molecular weight excluding hydrogens is 1220 g/mol. The van der Waals surface area contributed by atoms with Crippen molar-refractivity contribution < 1.29 is 64.6 Å². The molecule has 0 bridgehead atoms. The molecule has 0 aromatic rings. The predicted octanol–water partition coefficient (Wildman–Crippen LogP) is 17.9. The summed E-state index contributed by atoms with van der Waals surface area (Å²) in [6.45, 7) is 2.71. The Morgan fingerprint density at radius 3 is 1.09 bits per heavy atom. The largest absolute Gasteiger partial charge is 0.394 e. The maximum Gasteiger partial charge on any atom is 0.220 e. The molecule has 2 aliphatic heterocycles. The van der Waals surface area contributed by atoms with Gasteiger partial charge in [-0.15, -0.1) is 0 Å². The normalized spacial score (nSPS) is 22.7. The Labute approximate surface area is 591 Å². The van der Waals surface area contributed by atoms with Gasteiger partial charge < -0.3 is 65.1 Å². The van der Waals surface area contributed by atoms with Gasteiger partial charge in [-0.3, -0.25) is 4.79 Å². The summed E-state index contributed by atoms with van der Waals surface area (Å²) in [6.07, 6.45) is 78.7. The first-order chi connectivity index (χ1) is 47.6. The summed E-state index contributed by atoms with van der Waals surface area (Å²) < 4.78 is 22.9. The Morgan fingerprint density at radius 2 is 0.711 bits per heavy atom. The molecule has 2 fully saturated rings. The molecule has 0 aliphatic carbocycles. The zero-order valence-electron chi connectivity index (χ0n) is 61.3. The number of amides is 1. The maximum absolute atomic E-state index is 13.4. The zero-order valence-corrected chi connectivity index (χ0v) is 61.3. The molecule has 560 valence electrons. The van der Waals surface area contributed by atoms with Crippen LogP contribution in [0.25, 0.3) is 0 Å². The molecular formula is C83H145NO13. The average Bonchev–Trinajstić information content (AvgIpc) is 0.794. The fourth-order valence-corrected chi connectivity index (χ4v) is 12.5. The number of unbranched alkanes of at least 4 members (excludes halogenated alkanes) is 36. The lowest BCUT2D eigenvalue weighted by Gasteiger charge is -2.46. The number of nitrogens with one attached hydrogen (secondary N) is 1. The van der Waals surface area contributed by atoms with Gasteiger partial charge in [0.1, 0.15) is 48.8 Å². The lowest BCUT2D eigenvalue weighted by Crippen LogP contribution is -2.65. The number of aliphatic hydroxyl groups is 8. The van der Waals surface area contributed by atoms with E-state index in [1.807, 2.05) is 6.08 Å². The van der Waals surface area contributed by atoms with Crippen molar-refractivity contribution in [1.29, 1.82) is 0 Å². The van der Waals surface area contributed by atoms with Crippen LogP contribution in [0.15, 0.2) is 109 Å². The zero-order chi connectivity index (χ0) is 70.1. The first-order valence-electron chi connectivity index (χ1n) is 39.6. The molecule has 2 heterocycles. The minimum atomic E-state index is -1.80. The summed E-state index contributed by atoms with van der Waals surface area (Å²) in [7, 11) is 0. The third-order valence-electron chi connectivity index (χ3n) is 18.7. The molecule has 2 aliphatic rings. The van der Waals surface area contributed by atoms with Crippen LogP contribution >= 0.6 is 0 Å². The predicted molar refractivity (Wildman–Crippen MR) is 401 cm³/mol. The lowest BCUT2D eigenvalue weighted by molar-refractivity contribution is -0.359. The Kier molecular flexibility index (Phi) is 61.0. The van der Waals surface area contributed by atoms with E-state index >= 15 is 0 Å². The molecule has 12 unspecified atom stereocenters. The van der Waals surface area contributed by atoms with E-state index in [9.17, 15) is 45.6 Å². The highest BCUT2D eigenvalue weighted by Crippen LogP contribution is 2.30. The molecule has 2 saturated heterocycles. The van der Waals surface area contributed by atoms with Crippen LogP contribution in [-0.2, 0) is 23.7 Å². The van der Waals surface area contributed by atoms with Gasteiger partial charge in [-0.25, -0.2) is 0 Å². The third-order valence-corrected chi connectivity index (χ3v) is 18.7. The van der Waals surface area contributed by atoms with E-state index in [1.165, 1.54) is 186 Å². The third kappa shape index (κ3) is 49.0. The van der Waals surface area contributed by atoms with Crippen LogP contribution in [0, 0.1) is 0 Å². The van der Waals surface area contributed by atoms with Crippen LogP contribution < -0.4 is 5.32 Å². The molecule has 2 rings (SSSR count). The minimum Gasteiger partial charge on any atom is -0.394 e. The van der Waals surface area contributed by atoms with Gasteiger partial charge in [0.25, 0.3) is 0 Å². The van der Waals surface area contributed by atoms with Crippen LogP contribution in [-0.4, -0.2) is 140 Å². The van der Waals surface area contributed by atoms with Crippen molar-refractivity contribution in [2.45, 2.75) is 389 Å². The average molecular weight is 1370 g/mol. The molecule has 12 atom stereocenters. The van der Waals surface area contributed by atoms with Gasteiger partial charge in [0.05, 0.1) is 32.0 Å². The van der Waals surface area contributed by atoms with Crippen molar-refractivity contribution in [3.63, 3.8) is 0 Å². The Bertz CT molecular complexity index is 2050. The van der Waals surface area contributed by atoms with E-state index in [0.29, 0.717) is 6.42 Å². The number of ether oxygens (including phenoxy) is 4. The molecule has 0 spiro atoms. The molecule has 0 saturated carbocycles. The highest BCUT2D eigenvalue weighted by Gasteiger charge is 2.51. The van der Waals surface area contributed by atoms with Gasteiger partial charge in [0.2, 0.25) is 5.91 Å². The van der Waals surface area contributed by atoms with Gasteiger partial charge in [-0.1, -0.05) is 335 Å². The number of hydrogen-bond acceptors (Lipinski definition) is 13. The molecule has 9 N–H and O–H groups in total. The van der Waals surface area contributed by atoms with E-state index in [0.717, 1.165) is 103 Å². The fraction of sp³-hybridized carbons (Fsp3) is 0.771. The van der Waals surface area contributed by atoms with Gasteiger partial charge >= 0.3 is 0 Å². The highest BCUT2D eigenvalue weighted by atomic mass is 16.7. The number of rotatable bonds is 65.